The van der Waals surface area contributed by atoms with Crippen molar-refractivity contribution in [2.24, 2.45) is 0 Å². The van der Waals surface area contributed by atoms with E-state index in [2.05, 4.69) is 180 Å². The quantitative estimate of drug-likeness (QED) is 0.185. The van der Waals surface area contributed by atoms with Gasteiger partial charge < -0.3 is 4.57 Å². The van der Waals surface area contributed by atoms with Crippen LogP contribution in [0.2, 0.25) is 0 Å². The highest BCUT2D eigenvalue weighted by Crippen LogP contribution is 2.46. The van der Waals surface area contributed by atoms with Gasteiger partial charge in [-0.2, -0.15) is 0 Å². The van der Waals surface area contributed by atoms with Gasteiger partial charge in [-0.05, 0) is 66.8 Å². The minimum atomic E-state index is 0.664. The van der Waals surface area contributed by atoms with Crippen LogP contribution >= 0.6 is 0 Å². The molecular formula is C47H34N4. The summed E-state index contributed by atoms with van der Waals surface area (Å²) in [5.41, 5.74) is 13.2. The van der Waals surface area contributed by atoms with E-state index in [0.717, 1.165) is 68.7 Å². The molecule has 0 saturated heterocycles. The number of nitrogens with zero attached hydrogens (tertiary/aromatic N) is 4. The zero-order valence-electron chi connectivity index (χ0n) is 28.3. The molecule has 0 spiro atoms. The molecule has 1 aliphatic carbocycles. The summed E-state index contributed by atoms with van der Waals surface area (Å²) in [7, 11) is 0. The molecule has 0 aliphatic heterocycles. The molecule has 1 aliphatic rings. The summed E-state index contributed by atoms with van der Waals surface area (Å²) in [4.78, 5) is 11.0. The average molecular weight is 655 g/mol. The van der Waals surface area contributed by atoms with E-state index < -0.39 is 0 Å². The van der Waals surface area contributed by atoms with Crippen molar-refractivity contribution >= 4 is 49.2 Å². The van der Waals surface area contributed by atoms with Crippen molar-refractivity contribution in [1.82, 2.24) is 19.1 Å². The Morgan fingerprint density at radius 1 is 0.529 bits per heavy atom. The predicted octanol–water partition coefficient (Wildman–Crippen LogP) is 12.0. The van der Waals surface area contributed by atoms with Crippen molar-refractivity contribution in [3.8, 4) is 34.0 Å². The third kappa shape index (κ3) is 4.60. The molecule has 0 bridgehead atoms. The Labute approximate surface area is 296 Å². The Morgan fingerprint density at radius 3 is 1.84 bits per heavy atom. The van der Waals surface area contributed by atoms with Crippen LogP contribution in [-0.4, -0.2) is 19.1 Å². The van der Waals surface area contributed by atoms with Crippen molar-refractivity contribution < 1.29 is 0 Å². The molecule has 51 heavy (non-hydrogen) atoms. The molecule has 0 radical (unpaired) electrons. The molecule has 0 fully saturated rings. The number of aromatic nitrogens is 4. The van der Waals surface area contributed by atoms with Crippen molar-refractivity contribution in [3.63, 3.8) is 0 Å². The van der Waals surface area contributed by atoms with E-state index in [0.29, 0.717) is 5.95 Å². The van der Waals surface area contributed by atoms with Crippen LogP contribution < -0.4 is 0 Å². The van der Waals surface area contributed by atoms with E-state index in [9.17, 15) is 0 Å². The average Bonchev–Trinajstić information content (AvgIpc) is 3.72. The Morgan fingerprint density at radius 2 is 1.14 bits per heavy atom. The Hall–Kier alpha value is -6.52. The summed E-state index contributed by atoms with van der Waals surface area (Å²) in [6.45, 7) is 2.16. The second-order valence-electron chi connectivity index (χ2n) is 13.3. The van der Waals surface area contributed by atoms with Gasteiger partial charge in [0.25, 0.3) is 0 Å². The third-order valence-electron chi connectivity index (χ3n) is 10.3. The lowest BCUT2D eigenvalue weighted by atomic mass is 9.96. The minimum absolute atomic E-state index is 0.664. The van der Waals surface area contributed by atoms with Crippen LogP contribution in [0, 0.1) is 6.92 Å². The number of hydrogen-bond donors (Lipinski definition) is 0. The van der Waals surface area contributed by atoms with E-state index in [4.69, 9.17) is 9.97 Å². The maximum atomic E-state index is 5.51. The molecule has 3 aromatic heterocycles. The molecule has 6 aromatic carbocycles. The summed E-state index contributed by atoms with van der Waals surface area (Å²) in [6, 6.07) is 52.0. The lowest BCUT2D eigenvalue weighted by molar-refractivity contribution is 0.965. The van der Waals surface area contributed by atoms with Gasteiger partial charge >= 0.3 is 0 Å². The summed E-state index contributed by atoms with van der Waals surface area (Å²) in [5, 5.41) is 4.76. The van der Waals surface area contributed by atoms with Gasteiger partial charge in [0.15, 0.2) is 0 Å². The van der Waals surface area contributed by atoms with Crippen LogP contribution in [0.3, 0.4) is 0 Å². The summed E-state index contributed by atoms with van der Waals surface area (Å²) >= 11 is 0. The second-order valence-corrected chi connectivity index (χ2v) is 13.3. The van der Waals surface area contributed by atoms with E-state index >= 15 is 0 Å². The van der Waals surface area contributed by atoms with Crippen LogP contribution in [0.25, 0.3) is 83.2 Å². The Bertz CT molecular complexity index is 2840. The Kier molecular flexibility index (Phi) is 6.81. The number of rotatable bonds is 5. The first-order valence-electron chi connectivity index (χ1n) is 17.7. The molecule has 4 nitrogen and oxygen atoms in total. The van der Waals surface area contributed by atoms with Gasteiger partial charge in [0.05, 0.1) is 33.5 Å². The van der Waals surface area contributed by atoms with E-state index in [1.54, 1.807) is 0 Å². The molecular weight excluding hydrogens is 621 g/mol. The lowest BCUT2D eigenvalue weighted by Gasteiger charge is -2.17. The van der Waals surface area contributed by atoms with Gasteiger partial charge in [-0.1, -0.05) is 133 Å². The monoisotopic (exact) mass is 654 g/mol. The van der Waals surface area contributed by atoms with Crippen molar-refractivity contribution in [2.75, 3.05) is 0 Å². The largest absolute Gasteiger partial charge is 0.307 e. The highest BCUT2D eigenvalue weighted by atomic mass is 15.2. The summed E-state index contributed by atoms with van der Waals surface area (Å²) in [5.74, 6) is 0.664. The first-order chi connectivity index (χ1) is 25.3. The highest BCUT2D eigenvalue weighted by molar-refractivity contribution is 6.28. The van der Waals surface area contributed by atoms with Gasteiger partial charge in [-0.3, -0.25) is 4.57 Å². The fourth-order valence-electron chi connectivity index (χ4n) is 8.05. The van der Waals surface area contributed by atoms with E-state index in [1.165, 1.54) is 32.7 Å². The number of benzene rings is 6. The SMILES string of the molecule is Cc1c(C2=CCCC=C2)nc(-n2c3ccccc3c3c(-c4ccccc4)cc4c5ccccc5n(-c5ccccc5)c4c32)nc1-c1ccccc1. The second kappa shape index (κ2) is 11.8. The number of para-hydroxylation sites is 3. The highest BCUT2D eigenvalue weighted by Gasteiger charge is 2.26. The molecule has 242 valence electrons. The third-order valence-corrected chi connectivity index (χ3v) is 10.3. The van der Waals surface area contributed by atoms with Crippen LogP contribution in [0.15, 0.2) is 164 Å². The van der Waals surface area contributed by atoms with Crippen LogP contribution in [0.5, 0.6) is 0 Å². The number of allylic oxidation sites excluding steroid dienone is 4. The van der Waals surface area contributed by atoms with Gasteiger partial charge in [0.2, 0.25) is 5.95 Å². The number of hydrogen-bond acceptors (Lipinski definition) is 2. The first kappa shape index (κ1) is 29.4. The molecule has 0 amide bonds. The van der Waals surface area contributed by atoms with Gasteiger partial charge in [0, 0.05) is 38.4 Å². The molecule has 0 N–H and O–H groups in total. The zero-order valence-corrected chi connectivity index (χ0v) is 28.3. The fraction of sp³-hybridized carbons (Fsp3) is 0.0638. The van der Waals surface area contributed by atoms with Gasteiger partial charge in [-0.25, -0.2) is 9.97 Å². The molecule has 10 rings (SSSR count). The standard InChI is InChI=1S/C47H34N4/c1-31-43(33-20-8-3-9-21-33)48-47(49-44(31)34-22-10-4-11-23-34)51-41-29-17-15-27-37(41)42-38(32-18-6-2-7-19-32)30-39-36-26-14-16-28-40(36)50(45(39)46(42)51)35-24-12-5-13-25-35/h2-3,5-10,12-30H,4,11H2,1H3. The van der Waals surface area contributed by atoms with Crippen molar-refractivity contribution in [1.29, 1.82) is 0 Å². The first-order valence-corrected chi connectivity index (χ1v) is 17.7. The molecule has 4 heteroatoms. The molecule has 0 unspecified atom stereocenters. The van der Waals surface area contributed by atoms with Gasteiger partial charge in [-0.15, -0.1) is 0 Å². The topological polar surface area (TPSA) is 35.6 Å². The summed E-state index contributed by atoms with van der Waals surface area (Å²) < 4.78 is 4.76. The Balaban J connectivity index is 1.45. The van der Waals surface area contributed by atoms with Crippen LogP contribution in [-0.2, 0) is 0 Å². The maximum Gasteiger partial charge on any atom is 0.235 e. The van der Waals surface area contributed by atoms with E-state index in [-0.39, 0.29) is 0 Å². The van der Waals surface area contributed by atoms with Crippen LogP contribution in [0.4, 0.5) is 0 Å². The predicted molar refractivity (Wildman–Crippen MR) is 213 cm³/mol. The molecule has 9 aromatic rings. The molecule has 0 atom stereocenters. The van der Waals surface area contributed by atoms with Crippen LogP contribution in [0.1, 0.15) is 24.1 Å². The summed E-state index contributed by atoms with van der Waals surface area (Å²) in [6.07, 6.45) is 8.84. The maximum absolute atomic E-state index is 5.51. The normalized spacial score (nSPS) is 13.1. The molecule has 0 saturated carbocycles. The fourth-order valence-corrected chi connectivity index (χ4v) is 8.05. The van der Waals surface area contributed by atoms with Crippen molar-refractivity contribution in [3.05, 3.63) is 175 Å². The van der Waals surface area contributed by atoms with Crippen molar-refractivity contribution in [2.45, 2.75) is 19.8 Å². The minimum Gasteiger partial charge on any atom is -0.307 e. The smallest absolute Gasteiger partial charge is 0.235 e. The molecule has 3 heterocycles. The zero-order chi connectivity index (χ0) is 33.9. The lowest BCUT2D eigenvalue weighted by Crippen LogP contribution is -2.09. The van der Waals surface area contributed by atoms with Gasteiger partial charge in [0.1, 0.15) is 0 Å². The number of fused-ring (bicyclic) bond motifs is 7. The van der Waals surface area contributed by atoms with E-state index in [1.807, 2.05) is 0 Å².